The number of para-hydroxylation sites is 12. The largest absolute Gasteiger partial charge is 0.537 e. The summed E-state index contributed by atoms with van der Waals surface area (Å²) in [6.07, 6.45) is 21.9. The van der Waals surface area contributed by atoms with Crippen molar-refractivity contribution in [2.24, 2.45) is 0 Å². The van der Waals surface area contributed by atoms with Crippen LogP contribution in [0.1, 0.15) is 11.1 Å². The summed E-state index contributed by atoms with van der Waals surface area (Å²) in [6.45, 7) is 4.17. The van der Waals surface area contributed by atoms with Crippen LogP contribution in [-0.4, -0.2) is 87.3 Å². The van der Waals surface area contributed by atoms with Gasteiger partial charge in [0, 0.05) is 155 Å². The number of aromatic nitrogens is 12. The first kappa shape index (κ1) is 91.2. The molecule has 8 aliphatic rings. The van der Waals surface area contributed by atoms with Crippen molar-refractivity contribution in [1.29, 1.82) is 0 Å². The number of aryl methyl sites for hydroxylation is 2. The van der Waals surface area contributed by atoms with Crippen molar-refractivity contribution < 1.29 is 99.0 Å². The smallest absolute Gasteiger partial charge is 0.507 e. The van der Waals surface area contributed by atoms with Gasteiger partial charge in [-0.2, -0.15) is 117 Å². The standard InChI is InChI=1S/2C18H12BN2O.2C17H10BN2O.4C9H7N2.4Ir/c2*1-12-8-9-13-16(11-12)21-15-6-2-3-7-17(15)22-19(21)14-5-4-10-20-18(13)14;2*1-2-8-14-12(6-1)17-13(7-5-11-19-17)18-20(14)15-9-3-4-10-16(15)21-18;4*1-2-5-9(6-3-1)11-8-4-7-10-11;;;;/h2*2-8,10-11H,1H3;2*1-5,7-11H;4*1-5,7-8H;;;;/q8*-1;;;;. The number of anilines is 8. The Hall–Kier alpha value is -14.7. The minimum absolute atomic E-state index is 0. The predicted molar refractivity (Wildman–Crippen MR) is 511 cm³/mol. The molecule has 0 bridgehead atoms. The summed E-state index contributed by atoms with van der Waals surface area (Å²) < 4.78 is 31.9. The van der Waals surface area contributed by atoms with Gasteiger partial charge in [0.15, 0.2) is 0 Å². The second-order valence-electron chi connectivity index (χ2n) is 30.5. The Labute approximate surface area is 831 Å². The molecule has 0 fully saturated rings. The summed E-state index contributed by atoms with van der Waals surface area (Å²) in [6, 6.07) is 133. The molecule has 0 N–H and O–H groups in total. The van der Waals surface area contributed by atoms with Gasteiger partial charge in [0.2, 0.25) is 0 Å². The molecule has 20 aromatic rings. The Balaban J connectivity index is 0.000000108. The van der Waals surface area contributed by atoms with E-state index in [2.05, 4.69) is 195 Å². The van der Waals surface area contributed by atoms with Crippen molar-refractivity contribution >= 4 is 95.6 Å². The number of hydrogen-bond acceptors (Lipinski definition) is 16. The van der Waals surface area contributed by atoms with Crippen LogP contribution in [0.3, 0.4) is 0 Å². The van der Waals surface area contributed by atoms with Gasteiger partial charge < -0.3 is 57.8 Å². The summed E-state index contributed by atoms with van der Waals surface area (Å²) in [7, 11) is -0.587. The molecular weight excluding hydrogens is 2370 g/mol. The minimum Gasteiger partial charge on any atom is -0.537 e. The first-order valence-electron chi connectivity index (χ1n) is 42.3. The fourth-order valence-corrected chi connectivity index (χ4v) is 16.7. The van der Waals surface area contributed by atoms with Gasteiger partial charge >= 0.3 is 28.2 Å². The Bertz CT molecular complexity index is 6770. The van der Waals surface area contributed by atoms with Crippen LogP contribution < -0.4 is 59.7 Å². The maximum absolute atomic E-state index is 6.21. The van der Waals surface area contributed by atoms with E-state index in [4.69, 9.17) is 18.6 Å². The molecule has 0 atom stereocenters. The van der Waals surface area contributed by atoms with E-state index in [9.17, 15) is 0 Å². The van der Waals surface area contributed by atoms with Gasteiger partial charge in [-0.1, -0.05) is 86.6 Å². The van der Waals surface area contributed by atoms with Crippen LogP contribution in [0.4, 0.5) is 45.5 Å². The van der Waals surface area contributed by atoms with E-state index in [0.717, 1.165) is 158 Å². The number of fused-ring (bicyclic) bond motifs is 32. The zero-order valence-electron chi connectivity index (χ0n) is 71.5. The maximum atomic E-state index is 6.21. The van der Waals surface area contributed by atoms with Gasteiger partial charge in [0.05, 0.1) is 22.7 Å². The van der Waals surface area contributed by atoms with E-state index >= 15 is 0 Å². The summed E-state index contributed by atoms with van der Waals surface area (Å²) in [5.74, 6) is 3.65. The van der Waals surface area contributed by atoms with Gasteiger partial charge in [-0.3, -0.25) is 18.7 Å². The Morgan fingerprint density at radius 3 is 0.739 bits per heavy atom. The first-order valence-corrected chi connectivity index (χ1v) is 42.3. The van der Waals surface area contributed by atoms with Crippen LogP contribution in [0.25, 0.3) is 67.8 Å². The molecule has 8 aromatic heterocycles. The fourth-order valence-electron chi connectivity index (χ4n) is 16.7. The van der Waals surface area contributed by atoms with E-state index in [-0.39, 0.29) is 109 Å². The predicted octanol–water partition coefficient (Wildman–Crippen LogP) is 18.4. The molecule has 134 heavy (non-hydrogen) atoms. The molecule has 0 unspecified atom stereocenters. The molecule has 0 aliphatic carbocycles. The van der Waals surface area contributed by atoms with E-state index in [1.54, 1.807) is 43.5 Å². The molecule has 16 heterocycles. The Morgan fingerprint density at radius 1 is 0.231 bits per heavy atom. The number of nitrogens with zero attached hydrogens (tertiary/aromatic N) is 16. The minimum atomic E-state index is -0.149. The summed E-state index contributed by atoms with van der Waals surface area (Å²) in [5.41, 5.74) is 27.4. The Kier molecular flexibility index (Phi) is 28.5. The average molecular weight is 2450 g/mol. The number of rotatable bonds is 4. The van der Waals surface area contributed by atoms with E-state index in [1.807, 2.05) is 304 Å². The molecule has 0 saturated heterocycles. The van der Waals surface area contributed by atoms with Gasteiger partial charge in [0.1, 0.15) is 23.0 Å². The molecule has 4 radical (unpaired) electrons. The van der Waals surface area contributed by atoms with E-state index in [0.29, 0.717) is 0 Å². The third kappa shape index (κ3) is 18.5. The second-order valence-corrected chi connectivity index (χ2v) is 30.5. The molecule has 0 saturated carbocycles. The van der Waals surface area contributed by atoms with Crippen LogP contribution in [0, 0.1) is 62.4 Å². The van der Waals surface area contributed by atoms with E-state index in [1.165, 1.54) is 11.1 Å². The van der Waals surface area contributed by atoms with Crippen LogP contribution >= 0.6 is 0 Å². The molecule has 20 nitrogen and oxygen atoms in total. The maximum Gasteiger partial charge on any atom is 0.507 e. The van der Waals surface area contributed by atoms with E-state index < -0.39 is 0 Å². The van der Waals surface area contributed by atoms with Gasteiger partial charge in [-0.05, 0) is 187 Å². The van der Waals surface area contributed by atoms with Crippen molar-refractivity contribution in [1.82, 2.24) is 59.1 Å². The monoisotopic (exact) mass is 2450 g/mol. The number of benzene rings is 12. The molecule has 0 amide bonds. The van der Waals surface area contributed by atoms with Crippen LogP contribution in [0.5, 0.6) is 23.0 Å². The van der Waals surface area contributed by atoms with Crippen LogP contribution in [-0.2, 0) is 80.4 Å². The number of pyridine rings is 4. The van der Waals surface area contributed by atoms with Gasteiger partial charge in [-0.25, -0.2) is 0 Å². The van der Waals surface area contributed by atoms with Crippen LogP contribution in [0.15, 0.2) is 402 Å². The first-order chi connectivity index (χ1) is 64.4. The normalized spacial score (nSPS) is 12.1. The zero-order valence-corrected chi connectivity index (χ0v) is 81.1. The quantitative estimate of drug-likeness (QED) is 0.120. The van der Waals surface area contributed by atoms with Crippen molar-refractivity contribution in [2.75, 3.05) is 19.2 Å². The Morgan fingerprint density at radius 2 is 0.478 bits per heavy atom. The third-order valence-corrected chi connectivity index (χ3v) is 22.4. The molecule has 8 aliphatic heterocycles. The number of hydrogen-bond donors (Lipinski definition) is 0. The molecule has 28 rings (SSSR count). The molecule has 656 valence electrons. The van der Waals surface area contributed by atoms with Crippen molar-refractivity contribution in [3.63, 3.8) is 0 Å². The van der Waals surface area contributed by atoms with Crippen LogP contribution in [0.2, 0.25) is 0 Å². The van der Waals surface area contributed by atoms with Crippen molar-refractivity contribution in [2.45, 2.75) is 13.8 Å². The van der Waals surface area contributed by atoms with Gasteiger partial charge in [-0.15, -0.1) is 143 Å². The summed E-state index contributed by atoms with van der Waals surface area (Å²) in [5, 5.41) is 16.3. The molecule has 0 spiro atoms. The van der Waals surface area contributed by atoms with Crippen molar-refractivity contribution in [3.8, 4) is 90.8 Å². The molecular formula is C106H72B4Ir4N16O4-8. The summed E-state index contributed by atoms with van der Waals surface area (Å²) in [4.78, 5) is 27.2. The molecule has 12 aromatic carbocycles. The third-order valence-electron chi connectivity index (χ3n) is 22.4. The fraction of sp³-hybridized carbons (Fsp3) is 0.0189. The zero-order chi connectivity index (χ0) is 87.1. The summed E-state index contributed by atoms with van der Waals surface area (Å²) >= 11 is 0. The molecule has 28 heteroatoms. The SMILES string of the molecule is Cc1c[c-]c2c(c1)N1B(Oc3ccccc31)c1cccnc1-2.Cc1c[c-]c2c(c1)N1B(Oc3ccccc31)c1cccnc1-2.[Ir].[Ir].[Ir].[Ir].[c-]1cccc2c1-c1ncccc1B1Oc3ccccc3N12.[c-]1cccc2c1-c1ncccc1B1Oc3ccccc3N12.[c-]1ccccc1-n1cccn1.[c-]1ccccc1-n1cccn1.[c-]1ccccc1-n1cccn1.[c-]1ccccc1-n1cccn1. The topological polar surface area (TPSA) is 173 Å². The average Bonchev–Trinajstić information content (AvgIpc) is 1.58. The van der Waals surface area contributed by atoms with Crippen molar-refractivity contribution in [3.05, 3.63) is 462 Å². The van der Waals surface area contributed by atoms with Gasteiger partial charge in [0.25, 0.3) is 0 Å². The second kappa shape index (κ2) is 41.8.